The number of carbonyl (C=O) groups is 1. The molecule has 0 atom stereocenters. The third-order valence-corrected chi connectivity index (χ3v) is 1.48. The molecule has 0 aromatic heterocycles. The highest BCUT2D eigenvalue weighted by Crippen LogP contribution is 2.17. The van der Waals surface area contributed by atoms with Gasteiger partial charge in [-0.25, -0.2) is 4.79 Å². The third-order valence-electron chi connectivity index (χ3n) is 1.48. The zero-order chi connectivity index (χ0) is 9.68. The summed E-state index contributed by atoms with van der Waals surface area (Å²) in [7, 11) is 1.54. The zero-order valence-corrected chi connectivity index (χ0v) is 7.15. The Hall–Kier alpha value is -1.77. The highest BCUT2D eigenvalue weighted by Gasteiger charge is 1.97. The summed E-state index contributed by atoms with van der Waals surface area (Å²) in [6.45, 7) is 0. The van der Waals surface area contributed by atoms with Gasteiger partial charge in [-0.3, -0.25) is 0 Å². The van der Waals surface area contributed by atoms with Crippen LogP contribution >= 0.6 is 0 Å². The van der Waals surface area contributed by atoms with Crippen LogP contribution in [0.5, 0.6) is 5.75 Å². The van der Waals surface area contributed by atoms with E-state index in [-0.39, 0.29) is 0 Å². The van der Waals surface area contributed by atoms with Gasteiger partial charge in [0.05, 0.1) is 7.11 Å². The van der Waals surface area contributed by atoms with E-state index in [9.17, 15) is 4.79 Å². The Kier molecular flexibility index (Phi) is 3.09. The number of carboxylic acid groups (broad SMARTS) is 1. The molecule has 1 rings (SSSR count). The summed E-state index contributed by atoms with van der Waals surface area (Å²) in [5, 5.41) is 8.40. The maximum Gasteiger partial charge on any atom is 0.328 e. The Morgan fingerprint density at radius 3 is 3.08 bits per heavy atom. The summed E-state index contributed by atoms with van der Waals surface area (Å²) in [5.74, 6) is -0.345. The second kappa shape index (κ2) is 4.30. The Morgan fingerprint density at radius 1 is 1.69 bits per heavy atom. The Morgan fingerprint density at radius 2 is 2.46 bits per heavy atom. The fraction of sp³-hybridized carbons (Fsp3) is 0.100. The molecule has 3 heteroatoms. The van der Waals surface area contributed by atoms with Crippen molar-refractivity contribution in [3.63, 3.8) is 0 Å². The van der Waals surface area contributed by atoms with Gasteiger partial charge in [0.25, 0.3) is 0 Å². The summed E-state index contributed by atoms with van der Waals surface area (Å²) in [6.07, 6.45) is 2.53. The van der Waals surface area contributed by atoms with E-state index >= 15 is 0 Å². The summed E-state index contributed by atoms with van der Waals surface area (Å²) >= 11 is 0. The molecule has 0 unspecified atom stereocenters. The van der Waals surface area contributed by atoms with Crippen LogP contribution in [-0.4, -0.2) is 18.2 Å². The first-order valence-electron chi connectivity index (χ1n) is 3.69. The maximum atomic E-state index is 10.2. The molecule has 0 spiro atoms. The largest absolute Gasteiger partial charge is 0.496 e. The molecule has 0 aliphatic rings. The average molecular weight is 177 g/mol. The quantitative estimate of drug-likeness (QED) is 0.713. The van der Waals surface area contributed by atoms with Crippen LogP contribution in [-0.2, 0) is 4.79 Å². The van der Waals surface area contributed by atoms with Crippen molar-refractivity contribution < 1.29 is 14.6 Å². The minimum atomic E-state index is -0.981. The van der Waals surface area contributed by atoms with Gasteiger partial charge in [-0.15, -0.1) is 0 Å². The van der Waals surface area contributed by atoms with Crippen LogP contribution in [0.3, 0.4) is 0 Å². The van der Waals surface area contributed by atoms with E-state index in [0.29, 0.717) is 11.3 Å². The van der Waals surface area contributed by atoms with Gasteiger partial charge in [0.15, 0.2) is 0 Å². The molecule has 0 aliphatic heterocycles. The average Bonchev–Trinajstić information content (AvgIpc) is 2.15. The monoisotopic (exact) mass is 177 g/mol. The molecule has 0 saturated carbocycles. The van der Waals surface area contributed by atoms with Gasteiger partial charge in [0.2, 0.25) is 0 Å². The smallest absolute Gasteiger partial charge is 0.328 e. The number of hydrogen-bond donors (Lipinski definition) is 1. The van der Waals surface area contributed by atoms with Crippen molar-refractivity contribution in [2.75, 3.05) is 7.11 Å². The first-order valence-corrected chi connectivity index (χ1v) is 3.69. The molecule has 0 bridgehead atoms. The van der Waals surface area contributed by atoms with E-state index in [2.05, 4.69) is 6.07 Å². The molecule has 3 nitrogen and oxygen atoms in total. The van der Waals surface area contributed by atoms with Crippen LogP contribution in [0.15, 0.2) is 24.3 Å². The Balaban J connectivity index is 2.93. The highest BCUT2D eigenvalue weighted by atomic mass is 16.5. The number of carboxylic acids is 1. The van der Waals surface area contributed by atoms with Crippen molar-refractivity contribution in [3.05, 3.63) is 35.9 Å². The topological polar surface area (TPSA) is 46.5 Å². The molecule has 1 aromatic rings. The van der Waals surface area contributed by atoms with Crippen LogP contribution < -0.4 is 4.74 Å². The minimum Gasteiger partial charge on any atom is -0.496 e. The lowest BCUT2D eigenvalue weighted by Gasteiger charge is -2.02. The van der Waals surface area contributed by atoms with Crippen molar-refractivity contribution in [1.82, 2.24) is 0 Å². The van der Waals surface area contributed by atoms with Gasteiger partial charge < -0.3 is 9.84 Å². The van der Waals surface area contributed by atoms with E-state index in [1.807, 2.05) is 0 Å². The molecular formula is C10H9O3. The van der Waals surface area contributed by atoms with Crippen molar-refractivity contribution in [2.45, 2.75) is 0 Å². The van der Waals surface area contributed by atoms with E-state index in [4.69, 9.17) is 9.84 Å². The van der Waals surface area contributed by atoms with Gasteiger partial charge in [-0.05, 0) is 24.3 Å². The Labute approximate surface area is 76.3 Å². The predicted molar refractivity (Wildman–Crippen MR) is 48.5 cm³/mol. The third kappa shape index (κ3) is 2.63. The number of methoxy groups -OCH3 is 1. The maximum absolute atomic E-state index is 10.2. The fourth-order valence-corrected chi connectivity index (χ4v) is 0.906. The molecule has 67 valence electrons. The molecule has 13 heavy (non-hydrogen) atoms. The van der Waals surface area contributed by atoms with E-state index < -0.39 is 5.97 Å². The van der Waals surface area contributed by atoms with Crippen molar-refractivity contribution >= 4 is 12.0 Å². The normalized spacial score (nSPS) is 10.2. The number of ether oxygens (including phenoxy) is 1. The van der Waals surface area contributed by atoms with E-state index in [1.165, 1.54) is 13.2 Å². The predicted octanol–water partition coefficient (Wildman–Crippen LogP) is 1.59. The van der Waals surface area contributed by atoms with E-state index in [0.717, 1.165) is 6.08 Å². The summed E-state index contributed by atoms with van der Waals surface area (Å²) in [5.41, 5.74) is 0.701. The van der Waals surface area contributed by atoms with Crippen molar-refractivity contribution in [1.29, 1.82) is 0 Å². The number of hydrogen-bond acceptors (Lipinski definition) is 2. The highest BCUT2D eigenvalue weighted by molar-refractivity contribution is 5.85. The van der Waals surface area contributed by atoms with E-state index in [1.54, 1.807) is 18.2 Å². The fourth-order valence-electron chi connectivity index (χ4n) is 0.906. The van der Waals surface area contributed by atoms with Gasteiger partial charge in [-0.2, -0.15) is 0 Å². The minimum absolute atomic E-state index is 0.635. The molecule has 0 amide bonds. The molecule has 0 fully saturated rings. The molecule has 0 saturated heterocycles. The second-order valence-electron chi connectivity index (χ2n) is 2.34. The lowest BCUT2D eigenvalue weighted by Crippen LogP contribution is -1.88. The first-order chi connectivity index (χ1) is 6.24. The van der Waals surface area contributed by atoms with Crippen LogP contribution in [0.25, 0.3) is 6.08 Å². The summed E-state index contributed by atoms with van der Waals surface area (Å²) in [6, 6.07) is 7.93. The van der Waals surface area contributed by atoms with Gasteiger partial charge in [0.1, 0.15) is 5.75 Å². The molecule has 0 heterocycles. The Bertz CT molecular complexity index is 329. The lowest BCUT2D eigenvalue weighted by atomic mass is 10.2. The van der Waals surface area contributed by atoms with Crippen LogP contribution in [0.2, 0.25) is 0 Å². The van der Waals surface area contributed by atoms with Crippen molar-refractivity contribution in [2.24, 2.45) is 0 Å². The molecule has 1 radical (unpaired) electrons. The standard InChI is InChI=1S/C10H9O3/c1-13-9-5-3-2-4-8(9)6-7-10(11)12/h3-7H,1H3,(H,11,12)/b7-6+. The van der Waals surface area contributed by atoms with Crippen molar-refractivity contribution in [3.8, 4) is 5.75 Å². The summed E-state index contributed by atoms with van der Waals surface area (Å²) < 4.78 is 5.01. The number of benzene rings is 1. The second-order valence-corrected chi connectivity index (χ2v) is 2.34. The van der Waals surface area contributed by atoms with Crippen LogP contribution in [0, 0.1) is 6.07 Å². The zero-order valence-electron chi connectivity index (χ0n) is 7.15. The molecule has 1 aromatic carbocycles. The van der Waals surface area contributed by atoms with Gasteiger partial charge >= 0.3 is 5.97 Å². The molecular weight excluding hydrogens is 168 g/mol. The van der Waals surface area contributed by atoms with Crippen LogP contribution in [0.1, 0.15) is 5.56 Å². The molecule has 0 aliphatic carbocycles. The first kappa shape index (κ1) is 9.32. The molecule has 1 N–H and O–H groups in total. The van der Waals surface area contributed by atoms with Gasteiger partial charge in [0, 0.05) is 11.6 Å². The van der Waals surface area contributed by atoms with Crippen LogP contribution in [0.4, 0.5) is 0 Å². The SMILES string of the molecule is COc1cc[c]cc1/C=C/C(=O)O. The number of aliphatic carboxylic acids is 1. The lowest BCUT2D eigenvalue weighted by molar-refractivity contribution is -0.131. The summed E-state index contributed by atoms with van der Waals surface area (Å²) in [4.78, 5) is 10.2. The van der Waals surface area contributed by atoms with Gasteiger partial charge in [-0.1, -0.05) is 6.07 Å². The number of rotatable bonds is 3.